The van der Waals surface area contributed by atoms with Crippen LogP contribution in [0.1, 0.15) is 72.6 Å². The lowest BCUT2D eigenvalue weighted by Gasteiger charge is -2.37. The zero-order valence-electron chi connectivity index (χ0n) is 28.6. The first kappa shape index (κ1) is 35.7. The number of piperazine rings is 1. The van der Waals surface area contributed by atoms with Gasteiger partial charge in [0, 0.05) is 64.5 Å². The lowest BCUT2D eigenvalue weighted by molar-refractivity contribution is -0.138. The van der Waals surface area contributed by atoms with Crippen LogP contribution in [0.2, 0.25) is 0 Å². The number of nitrogens with one attached hydrogen (secondary N) is 3. The number of carbonyl (C=O) groups excluding carboxylic acids is 4. The lowest BCUT2D eigenvalue weighted by atomic mass is 9.83. The first-order valence-corrected chi connectivity index (χ1v) is 17.4. The Labute approximate surface area is 288 Å². The number of aromatic nitrogens is 2. The molecule has 12 heteroatoms. The summed E-state index contributed by atoms with van der Waals surface area (Å²) in [6.07, 6.45) is 7.05. The van der Waals surface area contributed by atoms with Gasteiger partial charge in [-0.15, -0.1) is 0 Å². The Morgan fingerprint density at radius 2 is 1.59 bits per heavy atom. The molecule has 3 aromatic rings. The highest BCUT2D eigenvalue weighted by Gasteiger charge is 2.32. The zero-order chi connectivity index (χ0) is 34.8. The fraction of sp³-hybridized carbons (Fsp3) is 0.486. The number of rotatable bonds is 13. The van der Waals surface area contributed by atoms with E-state index in [1.807, 2.05) is 41.3 Å². The predicted octanol–water partition coefficient (Wildman–Crippen LogP) is 3.01. The molecule has 1 aliphatic carbocycles. The van der Waals surface area contributed by atoms with E-state index in [2.05, 4.69) is 25.9 Å². The van der Waals surface area contributed by atoms with E-state index in [-0.39, 0.29) is 42.6 Å². The second-order valence-electron chi connectivity index (χ2n) is 13.1. The maximum Gasteiger partial charge on any atom is 0.270 e. The summed E-state index contributed by atoms with van der Waals surface area (Å²) in [7, 11) is 1.69. The Bertz CT molecular complexity index is 1580. The largest absolute Gasteiger partial charge is 0.392 e. The van der Waals surface area contributed by atoms with E-state index in [1.165, 1.54) is 4.68 Å². The number of anilines is 1. The SMILES string of the molecule is CCC(=O)N[C@H](Cc1ccc(NC(=O)[C@@H](NC(=O)c2ccnn2C)C2CCCCC2)cc1)C(=O)N1CCN(Cc2ccccc2CO)CC1. The minimum absolute atomic E-state index is 0.00719. The molecule has 2 heterocycles. The van der Waals surface area contributed by atoms with Gasteiger partial charge in [0.25, 0.3) is 5.91 Å². The van der Waals surface area contributed by atoms with E-state index in [1.54, 1.807) is 38.4 Å². The summed E-state index contributed by atoms with van der Waals surface area (Å²) in [4.78, 5) is 56.9. The van der Waals surface area contributed by atoms with Crippen molar-refractivity contribution in [1.29, 1.82) is 0 Å². The number of carbonyl (C=O) groups is 4. The summed E-state index contributed by atoms with van der Waals surface area (Å²) < 4.78 is 1.49. The molecule has 0 spiro atoms. The monoisotopic (exact) mass is 671 g/mol. The quantitative estimate of drug-likeness (QED) is 0.218. The van der Waals surface area contributed by atoms with Crippen LogP contribution in [-0.4, -0.2) is 86.6 Å². The minimum Gasteiger partial charge on any atom is -0.392 e. The van der Waals surface area contributed by atoms with Gasteiger partial charge in [0.15, 0.2) is 0 Å². The Morgan fingerprint density at radius 3 is 2.22 bits per heavy atom. The fourth-order valence-corrected chi connectivity index (χ4v) is 6.81. The smallest absolute Gasteiger partial charge is 0.270 e. The van der Waals surface area contributed by atoms with Crippen molar-refractivity contribution in [3.63, 3.8) is 0 Å². The van der Waals surface area contributed by atoms with Gasteiger partial charge >= 0.3 is 0 Å². The molecule has 1 aromatic heterocycles. The summed E-state index contributed by atoms with van der Waals surface area (Å²) >= 11 is 0. The van der Waals surface area contributed by atoms with Crippen LogP contribution < -0.4 is 16.0 Å². The third kappa shape index (κ3) is 9.54. The molecular weight excluding hydrogens is 622 g/mol. The highest BCUT2D eigenvalue weighted by atomic mass is 16.3. The number of benzene rings is 2. The van der Waals surface area contributed by atoms with Crippen molar-refractivity contribution in [2.45, 2.75) is 77.1 Å². The molecule has 1 aliphatic heterocycles. The van der Waals surface area contributed by atoms with Crippen LogP contribution >= 0.6 is 0 Å². The summed E-state index contributed by atoms with van der Waals surface area (Å²) in [6.45, 7) is 4.93. The first-order valence-electron chi connectivity index (χ1n) is 17.4. The van der Waals surface area contributed by atoms with E-state index >= 15 is 0 Å². The van der Waals surface area contributed by atoms with Gasteiger partial charge in [-0.25, -0.2) is 0 Å². The maximum absolute atomic E-state index is 13.7. The number of hydrogen-bond acceptors (Lipinski definition) is 7. The topological polar surface area (TPSA) is 149 Å². The van der Waals surface area contributed by atoms with Crippen LogP contribution in [0.15, 0.2) is 60.8 Å². The average Bonchev–Trinajstić information content (AvgIpc) is 3.57. The minimum atomic E-state index is -0.715. The highest BCUT2D eigenvalue weighted by molar-refractivity contribution is 6.00. The molecule has 5 rings (SSSR count). The van der Waals surface area contributed by atoms with Crippen LogP contribution in [0.5, 0.6) is 0 Å². The van der Waals surface area contributed by atoms with Gasteiger partial charge < -0.3 is 26.0 Å². The molecular formula is C37H49N7O5. The Kier molecular flexibility index (Phi) is 12.6. The van der Waals surface area contributed by atoms with Crippen molar-refractivity contribution in [2.24, 2.45) is 13.0 Å². The van der Waals surface area contributed by atoms with Gasteiger partial charge in [0.2, 0.25) is 17.7 Å². The molecule has 1 saturated heterocycles. The molecule has 0 radical (unpaired) electrons. The summed E-state index contributed by atoms with van der Waals surface area (Å²) in [5.74, 6) is -0.869. The predicted molar refractivity (Wildman–Crippen MR) is 186 cm³/mol. The van der Waals surface area contributed by atoms with Gasteiger partial charge in [-0.1, -0.05) is 62.6 Å². The molecule has 2 aromatic carbocycles. The van der Waals surface area contributed by atoms with E-state index in [0.29, 0.717) is 50.5 Å². The van der Waals surface area contributed by atoms with E-state index in [4.69, 9.17) is 0 Å². The molecule has 0 bridgehead atoms. The molecule has 2 aliphatic rings. The Hall–Kier alpha value is -4.55. The molecule has 4 N–H and O–H groups in total. The standard InChI is InChI=1S/C37H49N7O5/c1-3-33(46)40-31(37(49)44-21-19-43(20-22-44)24-28-11-7-8-12-29(28)25-45)23-26-13-15-30(16-14-26)39-36(48)34(27-9-5-4-6-10-27)41-35(47)32-17-18-38-42(32)2/h7-8,11-18,27,31,34,45H,3-6,9-10,19-25H2,1-2H3,(H,39,48)(H,40,46)(H,41,47)/t31-,34+/m1/s1. The summed E-state index contributed by atoms with van der Waals surface area (Å²) in [6, 6.07) is 15.4. The average molecular weight is 672 g/mol. The van der Waals surface area contributed by atoms with Gasteiger partial charge in [-0.2, -0.15) is 5.10 Å². The highest BCUT2D eigenvalue weighted by Crippen LogP contribution is 2.28. The molecule has 49 heavy (non-hydrogen) atoms. The summed E-state index contributed by atoms with van der Waals surface area (Å²) in [5.41, 5.74) is 3.81. The van der Waals surface area contributed by atoms with Crippen LogP contribution in [0.3, 0.4) is 0 Å². The third-order valence-electron chi connectivity index (χ3n) is 9.73. The van der Waals surface area contributed by atoms with Crippen molar-refractivity contribution >= 4 is 29.3 Å². The number of aryl methyl sites for hydroxylation is 1. The van der Waals surface area contributed by atoms with Crippen molar-refractivity contribution < 1.29 is 24.3 Å². The van der Waals surface area contributed by atoms with Crippen LogP contribution in [0.25, 0.3) is 0 Å². The first-order chi connectivity index (χ1) is 23.7. The van der Waals surface area contributed by atoms with Gasteiger partial charge in [-0.3, -0.25) is 28.8 Å². The molecule has 2 atom stereocenters. The van der Waals surface area contributed by atoms with Crippen LogP contribution in [0.4, 0.5) is 5.69 Å². The lowest BCUT2D eigenvalue weighted by Crippen LogP contribution is -2.55. The van der Waals surface area contributed by atoms with E-state index < -0.39 is 12.1 Å². The Morgan fingerprint density at radius 1 is 0.898 bits per heavy atom. The third-order valence-corrected chi connectivity index (χ3v) is 9.73. The van der Waals surface area contributed by atoms with Gasteiger partial charge in [0.05, 0.1) is 6.61 Å². The summed E-state index contributed by atoms with van der Waals surface area (Å²) in [5, 5.41) is 22.6. The van der Waals surface area contributed by atoms with E-state index in [9.17, 15) is 24.3 Å². The van der Waals surface area contributed by atoms with Crippen LogP contribution in [-0.2, 0) is 41.0 Å². The van der Waals surface area contributed by atoms with Crippen molar-refractivity contribution in [3.8, 4) is 0 Å². The van der Waals surface area contributed by atoms with Crippen molar-refractivity contribution in [1.82, 2.24) is 30.2 Å². The second kappa shape index (κ2) is 17.2. The van der Waals surface area contributed by atoms with Crippen molar-refractivity contribution in [3.05, 3.63) is 83.2 Å². The fourth-order valence-electron chi connectivity index (χ4n) is 6.81. The molecule has 1 saturated carbocycles. The molecule has 4 amide bonds. The number of amides is 4. The van der Waals surface area contributed by atoms with E-state index in [0.717, 1.165) is 48.8 Å². The Balaban J connectivity index is 1.20. The number of hydrogen-bond donors (Lipinski definition) is 4. The molecule has 2 fully saturated rings. The normalized spacial score (nSPS) is 16.8. The molecule has 262 valence electrons. The van der Waals surface area contributed by atoms with Gasteiger partial charge in [0.1, 0.15) is 17.8 Å². The van der Waals surface area contributed by atoms with Crippen LogP contribution in [0, 0.1) is 5.92 Å². The van der Waals surface area contributed by atoms with Crippen molar-refractivity contribution in [2.75, 3.05) is 31.5 Å². The zero-order valence-corrected chi connectivity index (χ0v) is 28.6. The maximum atomic E-state index is 13.7. The number of aliphatic hydroxyl groups excluding tert-OH is 1. The molecule has 0 unspecified atom stereocenters. The number of aliphatic hydroxyl groups is 1. The number of nitrogens with zero attached hydrogens (tertiary/aromatic N) is 4. The van der Waals surface area contributed by atoms with Gasteiger partial charge in [-0.05, 0) is 53.6 Å². The second-order valence-corrected chi connectivity index (χ2v) is 13.1. The molecule has 12 nitrogen and oxygen atoms in total.